The summed E-state index contributed by atoms with van der Waals surface area (Å²) in [5, 5.41) is 11.4. The van der Waals surface area contributed by atoms with Crippen LogP contribution in [-0.2, 0) is 0 Å². The van der Waals surface area contributed by atoms with Crippen LogP contribution in [0.2, 0.25) is 0 Å². The number of nitrogens with one attached hydrogen (secondary N) is 1. The summed E-state index contributed by atoms with van der Waals surface area (Å²) in [5.41, 5.74) is 0.662. The Morgan fingerprint density at radius 2 is 2.13 bits per heavy atom. The lowest BCUT2D eigenvalue weighted by molar-refractivity contribution is 0.102. The van der Waals surface area contributed by atoms with E-state index in [4.69, 9.17) is 0 Å². The van der Waals surface area contributed by atoms with Gasteiger partial charge in [0.25, 0.3) is 5.91 Å². The fraction of sp³-hybridized carbons (Fsp3) is 0.312. The molecular weight excluding hydrogens is 315 g/mol. The lowest BCUT2D eigenvalue weighted by atomic mass is 10.1. The number of benzene rings is 1. The van der Waals surface area contributed by atoms with Gasteiger partial charge in [-0.25, -0.2) is 4.39 Å². The fourth-order valence-corrected chi connectivity index (χ4v) is 3.97. The highest BCUT2D eigenvalue weighted by Crippen LogP contribution is 2.38. The molecule has 3 aromatic rings. The fourth-order valence-electron chi connectivity index (χ4n) is 2.85. The summed E-state index contributed by atoms with van der Waals surface area (Å²) < 4.78 is 16.7. The molecule has 0 unspecified atom stereocenters. The van der Waals surface area contributed by atoms with E-state index in [1.54, 1.807) is 13.0 Å². The Morgan fingerprint density at radius 3 is 2.83 bits per heavy atom. The SMILES string of the molecule is Cc1c(C(=O)Nc2nnc(C)n2C2CC2)sc2cccc(F)c12. The van der Waals surface area contributed by atoms with Crippen molar-refractivity contribution < 1.29 is 9.18 Å². The number of nitrogens with zero attached hydrogens (tertiary/aromatic N) is 3. The van der Waals surface area contributed by atoms with Crippen molar-refractivity contribution in [3.8, 4) is 0 Å². The third kappa shape index (κ3) is 2.31. The van der Waals surface area contributed by atoms with Crippen LogP contribution in [0.15, 0.2) is 18.2 Å². The van der Waals surface area contributed by atoms with E-state index in [0.29, 0.717) is 27.8 Å². The van der Waals surface area contributed by atoms with Crippen molar-refractivity contribution in [1.29, 1.82) is 0 Å². The number of carbonyl (C=O) groups is 1. The minimum absolute atomic E-state index is 0.266. The molecule has 1 saturated carbocycles. The van der Waals surface area contributed by atoms with E-state index in [-0.39, 0.29) is 11.7 Å². The zero-order chi connectivity index (χ0) is 16.1. The van der Waals surface area contributed by atoms with Crippen molar-refractivity contribution in [3.63, 3.8) is 0 Å². The van der Waals surface area contributed by atoms with Gasteiger partial charge in [-0.1, -0.05) is 6.07 Å². The first-order chi connectivity index (χ1) is 11.1. The van der Waals surface area contributed by atoms with Gasteiger partial charge in [-0.05, 0) is 44.4 Å². The van der Waals surface area contributed by atoms with Crippen LogP contribution in [0.25, 0.3) is 10.1 Å². The molecule has 2 aromatic heterocycles. The number of aromatic nitrogens is 3. The van der Waals surface area contributed by atoms with Crippen LogP contribution in [0.5, 0.6) is 0 Å². The minimum atomic E-state index is -0.299. The molecule has 1 amide bonds. The predicted octanol–water partition coefficient (Wildman–Crippen LogP) is 3.84. The molecule has 23 heavy (non-hydrogen) atoms. The van der Waals surface area contributed by atoms with Crippen molar-refractivity contribution in [2.45, 2.75) is 32.7 Å². The number of halogens is 1. The first-order valence-electron chi connectivity index (χ1n) is 7.46. The number of hydrogen-bond acceptors (Lipinski definition) is 4. The number of amides is 1. The quantitative estimate of drug-likeness (QED) is 0.794. The van der Waals surface area contributed by atoms with Gasteiger partial charge in [0.2, 0.25) is 5.95 Å². The number of anilines is 1. The topological polar surface area (TPSA) is 59.8 Å². The molecule has 118 valence electrons. The zero-order valence-corrected chi connectivity index (χ0v) is 13.6. The van der Waals surface area contributed by atoms with Gasteiger partial charge < -0.3 is 0 Å². The molecule has 0 bridgehead atoms. The van der Waals surface area contributed by atoms with Gasteiger partial charge in [-0.3, -0.25) is 14.7 Å². The van der Waals surface area contributed by atoms with Gasteiger partial charge in [0.1, 0.15) is 11.6 Å². The van der Waals surface area contributed by atoms with E-state index in [1.807, 2.05) is 17.6 Å². The second-order valence-corrected chi connectivity index (χ2v) is 6.85. The molecule has 0 saturated heterocycles. The second-order valence-electron chi connectivity index (χ2n) is 5.80. The lowest BCUT2D eigenvalue weighted by Gasteiger charge is -2.07. The highest BCUT2D eigenvalue weighted by atomic mass is 32.1. The standard InChI is InChI=1S/C16H15FN4OS/c1-8-13-11(17)4-3-5-12(13)23-14(8)15(22)18-16-20-19-9(2)21(16)10-6-7-10/h3-5,10H,6-7H2,1-2H3,(H,18,20,22). The van der Waals surface area contributed by atoms with E-state index in [9.17, 15) is 9.18 Å². The molecule has 7 heteroatoms. The number of thiophene rings is 1. The maximum Gasteiger partial charge on any atom is 0.268 e. The van der Waals surface area contributed by atoms with Crippen LogP contribution in [-0.4, -0.2) is 20.7 Å². The van der Waals surface area contributed by atoms with E-state index >= 15 is 0 Å². The van der Waals surface area contributed by atoms with Crippen LogP contribution in [0.1, 0.15) is 39.9 Å². The number of hydrogen-bond donors (Lipinski definition) is 1. The van der Waals surface area contributed by atoms with E-state index in [1.165, 1.54) is 17.4 Å². The van der Waals surface area contributed by atoms with Crippen LogP contribution in [0.3, 0.4) is 0 Å². The van der Waals surface area contributed by atoms with Gasteiger partial charge in [-0.15, -0.1) is 21.5 Å². The summed E-state index contributed by atoms with van der Waals surface area (Å²) in [5.74, 6) is 0.693. The largest absolute Gasteiger partial charge is 0.294 e. The minimum Gasteiger partial charge on any atom is -0.294 e. The molecule has 0 spiro atoms. The molecule has 1 fully saturated rings. The number of rotatable bonds is 3. The van der Waals surface area contributed by atoms with Crippen molar-refractivity contribution >= 4 is 33.3 Å². The maximum atomic E-state index is 14.0. The summed E-state index contributed by atoms with van der Waals surface area (Å²) in [6.07, 6.45) is 2.16. The van der Waals surface area contributed by atoms with Gasteiger partial charge in [0, 0.05) is 16.1 Å². The molecule has 5 nitrogen and oxygen atoms in total. The molecule has 2 heterocycles. The van der Waals surface area contributed by atoms with Gasteiger partial charge in [0.05, 0.1) is 4.88 Å². The Morgan fingerprint density at radius 1 is 1.35 bits per heavy atom. The molecule has 1 N–H and O–H groups in total. The summed E-state index contributed by atoms with van der Waals surface area (Å²) >= 11 is 1.29. The highest BCUT2D eigenvalue weighted by molar-refractivity contribution is 7.21. The molecule has 1 aliphatic carbocycles. The van der Waals surface area contributed by atoms with Crippen molar-refractivity contribution in [3.05, 3.63) is 40.3 Å². The van der Waals surface area contributed by atoms with Crippen molar-refractivity contribution in [2.75, 3.05) is 5.32 Å². The summed E-state index contributed by atoms with van der Waals surface area (Å²) in [6.45, 7) is 3.65. The first kappa shape index (κ1) is 14.3. The van der Waals surface area contributed by atoms with Crippen LogP contribution in [0.4, 0.5) is 10.3 Å². The van der Waals surface area contributed by atoms with Crippen LogP contribution < -0.4 is 5.32 Å². The molecule has 0 aliphatic heterocycles. The summed E-state index contributed by atoms with van der Waals surface area (Å²) in [6, 6.07) is 5.27. The average Bonchev–Trinajstić information content (AvgIpc) is 3.20. The smallest absolute Gasteiger partial charge is 0.268 e. The van der Waals surface area contributed by atoms with E-state index in [2.05, 4.69) is 15.5 Å². The average molecular weight is 330 g/mol. The first-order valence-corrected chi connectivity index (χ1v) is 8.28. The van der Waals surface area contributed by atoms with Gasteiger partial charge in [-0.2, -0.15) is 0 Å². The monoisotopic (exact) mass is 330 g/mol. The van der Waals surface area contributed by atoms with E-state index in [0.717, 1.165) is 23.4 Å². The maximum absolute atomic E-state index is 14.0. The van der Waals surface area contributed by atoms with Crippen LogP contribution >= 0.6 is 11.3 Å². The summed E-state index contributed by atoms with van der Waals surface area (Å²) in [7, 11) is 0. The Hall–Kier alpha value is -2.28. The molecule has 0 atom stereocenters. The number of fused-ring (bicyclic) bond motifs is 1. The molecular formula is C16H15FN4OS. The normalized spacial score (nSPS) is 14.4. The molecule has 4 rings (SSSR count). The summed E-state index contributed by atoms with van der Waals surface area (Å²) in [4.78, 5) is 13.1. The molecule has 1 aliphatic rings. The highest BCUT2D eigenvalue weighted by Gasteiger charge is 2.29. The number of aryl methyl sites for hydroxylation is 2. The molecule has 1 aromatic carbocycles. The van der Waals surface area contributed by atoms with Crippen molar-refractivity contribution in [2.24, 2.45) is 0 Å². The Bertz CT molecular complexity index is 926. The Kier molecular flexibility index (Phi) is 3.19. The van der Waals surface area contributed by atoms with Gasteiger partial charge in [0.15, 0.2) is 0 Å². The third-order valence-electron chi connectivity index (χ3n) is 4.11. The molecule has 0 radical (unpaired) electrons. The van der Waals surface area contributed by atoms with Crippen molar-refractivity contribution in [1.82, 2.24) is 14.8 Å². The zero-order valence-electron chi connectivity index (χ0n) is 12.8. The Labute approximate surface area is 136 Å². The Balaban J connectivity index is 1.70. The van der Waals surface area contributed by atoms with Crippen LogP contribution in [0, 0.1) is 19.7 Å². The second kappa shape index (κ2) is 5.13. The predicted molar refractivity (Wildman–Crippen MR) is 87.5 cm³/mol. The van der Waals surface area contributed by atoms with E-state index < -0.39 is 0 Å². The third-order valence-corrected chi connectivity index (χ3v) is 5.37. The number of carbonyl (C=O) groups excluding carboxylic acids is 1. The lowest BCUT2D eigenvalue weighted by Crippen LogP contribution is -2.15. The van der Waals surface area contributed by atoms with Gasteiger partial charge >= 0.3 is 0 Å².